The summed E-state index contributed by atoms with van der Waals surface area (Å²) < 4.78 is 6.11. The van der Waals surface area contributed by atoms with Crippen molar-refractivity contribution in [3.05, 3.63) is 34.5 Å². The first kappa shape index (κ1) is 17.5. The van der Waals surface area contributed by atoms with E-state index >= 15 is 0 Å². The molecule has 3 rings (SSSR count). The van der Waals surface area contributed by atoms with Gasteiger partial charge in [-0.15, -0.1) is 0 Å². The van der Waals surface area contributed by atoms with E-state index in [0.717, 1.165) is 34.3 Å². The molecule has 0 spiro atoms. The lowest BCUT2D eigenvalue weighted by atomic mass is 9.85. The minimum Gasteiger partial charge on any atom is -0.485 e. The molecular formula is C19H25ClN2O2. The standard InChI is InChI=1S/C19H25ClN2O2/c1-10(2)9-21-17-13-7-14-12(11(3)6-16(20)22-14)8-15(13)24-19(4,5)18(17)23/h6-8,10,17-18,21,23H,9H2,1-5H3/t17-,18+/m0/s1. The SMILES string of the molecule is Cc1cc(Cl)nc2cc3c(cc12)OC(C)(C)[C@H](O)[C@H]3NCC(C)C. The molecule has 24 heavy (non-hydrogen) atoms. The number of aryl methyl sites for hydroxylation is 1. The van der Waals surface area contributed by atoms with Crippen molar-refractivity contribution in [2.45, 2.75) is 52.4 Å². The molecule has 2 atom stereocenters. The van der Waals surface area contributed by atoms with E-state index in [2.05, 4.69) is 24.1 Å². The second-order valence-corrected chi connectivity index (χ2v) is 7.99. The van der Waals surface area contributed by atoms with Crippen LogP contribution < -0.4 is 10.1 Å². The normalized spacial score (nSPS) is 22.5. The molecule has 0 aliphatic carbocycles. The number of benzene rings is 1. The van der Waals surface area contributed by atoms with E-state index < -0.39 is 11.7 Å². The van der Waals surface area contributed by atoms with Crippen molar-refractivity contribution in [3.63, 3.8) is 0 Å². The summed E-state index contributed by atoms with van der Waals surface area (Å²) in [5.74, 6) is 1.29. The van der Waals surface area contributed by atoms with Crippen molar-refractivity contribution in [1.82, 2.24) is 10.3 Å². The Labute approximate surface area is 148 Å². The van der Waals surface area contributed by atoms with Gasteiger partial charge in [-0.3, -0.25) is 0 Å². The molecule has 1 aromatic carbocycles. The molecule has 0 saturated carbocycles. The summed E-state index contributed by atoms with van der Waals surface area (Å²) in [4.78, 5) is 4.44. The number of hydrogen-bond donors (Lipinski definition) is 2. The molecule has 0 bridgehead atoms. The van der Waals surface area contributed by atoms with E-state index in [4.69, 9.17) is 16.3 Å². The Morgan fingerprint density at radius 2 is 2.04 bits per heavy atom. The van der Waals surface area contributed by atoms with Gasteiger partial charge in [0.05, 0.1) is 11.6 Å². The summed E-state index contributed by atoms with van der Waals surface area (Å²) in [6, 6.07) is 5.66. The first-order chi connectivity index (χ1) is 11.2. The third-order valence-electron chi connectivity index (χ3n) is 4.60. The summed E-state index contributed by atoms with van der Waals surface area (Å²) in [7, 11) is 0. The molecule has 4 nitrogen and oxygen atoms in total. The highest BCUT2D eigenvalue weighted by molar-refractivity contribution is 6.29. The topological polar surface area (TPSA) is 54.4 Å². The Bertz CT molecular complexity index is 774. The number of rotatable bonds is 3. The zero-order valence-electron chi connectivity index (χ0n) is 14.9. The van der Waals surface area contributed by atoms with Gasteiger partial charge in [0.15, 0.2) is 0 Å². The molecule has 2 heterocycles. The summed E-state index contributed by atoms with van der Waals surface area (Å²) in [6.07, 6.45) is -0.651. The number of nitrogens with zero attached hydrogens (tertiary/aromatic N) is 1. The molecule has 0 amide bonds. The number of hydrogen-bond acceptors (Lipinski definition) is 4. The molecule has 0 radical (unpaired) electrons. The van der Waals surface area contributed by atoms with Gasteiger partial charge in [0, 0.05) is 10.9 Å². The molecule has 5 heteroatoms. The van der Waals surface area contributed by atoms with Crippen molar-refractivity contribution in [2.75, 3.05) is 6.54 Å². The van der Waals surface area contributed by atoms with Crippen LogP contribution in [0.2, 0.25) is 5.15 Å². The van der Waals surface area contributed by atoms with E-state index in [0.29, 0.717) is 11.1 Å². The van der Waals surface area contributed by atoms with Gasteiger partial charge in [0.1, 0.15) is 22.6 Å². The molecular weight excluding hydrogens is 324 g/mol. The van der Waals surface area contributed by atoms with E-state index in [9.17, 15) is 5.11 Å². The fraction of sp³-hybridized carbons (Fsp3) is 0.526. The number of aromatic nitrogens is 1. The quantitative estimate of drug-likeness (QED) is 0.823. The first-order valence-corrected chi connectivity index (χ1v) is 8.78. The number of halogens is 1. The Hall–Kier alpha value is -1.36. The lowest BCUT2D eigenvalue weighted by Gasteiger charge is -2.42. The summed E-state index contributed by atoms with van der Waals surface area (Å²) >= 11 is 6.11. The van der Waals surface area contributed by atoms with Crippen LogP contribution in [0.25, 0.3) is 10.9 Å². The monoisotopic (exact) mass is 348 g/mol. The highest BCUT2D eigenvalue weighted by atomic mass is 35.5. The fourth-order valence-corrected chi connectivity index (χ4v) is 3.48. The number of ether oxygens (including phenoxy) is 1. The molecule has 2 aromatic rings. The first-order valence-electron chi connectivity index (χ1n) is 8.40. The predicted molar refractivity (Wildman–Crippen MR) is 97.8 cm³/mol. The van der Waals surface area contributed by atoms with E-state index in [1.807, 2.05) is 39.0 Å². The third-order valence-corrected chi connectivity index (χ3v) is 4.79. The third kappa shape index (κ3) is 3.10. The van der Waals surface area contributed by atoms with Crippen molar-refractivity contribution in [2.24, 2.45) is 5.92 Å². The highest BCUT2D eigenvalue weighted by Gasteiger charge is 2.43. The smallest absolute Gasteiger partial charge is 0.131 e. The van der Waals surface area contributed by atoms with Crippen LogP contribution in [0.4, 0.5) is 0 Å². The van der Waals surface area contributed by atoms with E-state index in [1.54, 1.807) is 0 Å². The van der Waals surface area contributed by atoms with Crippen molar-refractivity contribution in [3.8, 4) is 5.75 Å². The van der Waals surface area contributed by atoms with Gasteiger partial charge in [-0.25, -0.2) is 4.98 Å². The van der Waals surface area contributed by atoms with Crippen LogP contribution in [0.15, 0.2) is 18.2 Å². The van der Waals surface area contributed by atoms with E-state index in [-0.39, 0.29) is 6.04 Å². The van der Waals surface area contributed by atoms with Crippen LogP contribution in [-0.4, -0.2) is 28.3 Å². The number of fused-ring (bicyclic) bond motifs is 2. The number of aliphatic hydroxyl groups is 1. The largest absolute Gasteiger partial charge is 0.485 e. The second kappa shape index (κ2) is 6.17. The maximum atomic E-state index is 10.8. The minimum atomic E-state index is -0.664. The zero-order chi connectivity index (χ0) is 17.6. The molecule has 1 aliphatic heterocycles. The zero-order valence-corrected chi connectivity index (χ0v) is 15.6. The van der Waals surface area contributed by atoms with E-state index in [1.165, 1.54) is 0 Å². The number of aliphatic hydroxyl groups excluding tert-OH is 1. The van der Waals surface area contributed by atoms with Crippen LogP contribution in [-0.2, 0) is 0 Å². The van der Waals surface area contributed by atoms with Gasteiger partial charge in [-0.2, -0.15) is 0 Å². The van der Waals surface area contributed by atoms with Gasteiger partial charge in [-0.1, -0.05) is 25.4 Å². The Morgan fingerprint density at radius 3 is 2.71 bits per heavy atom. The van der Waals surface area contributed by atoms with Gasteiger partial charge >= 0.3 is 0 Å². The fourth-order valence-electron chi connectivity index (χ4n) is 3.23. The number of nitrogens with one attached hydrogen (secondary N) is 1. The molecule has 1 aliphatic rings. The Kier molecular flexibility index (Phi) is 4.49. The maximum absolute atomic E-state index is 10.8. The molecule has 0 fully saturated rings. The van der Waals surface area contributed by atoms with Crippen molar-refractivity contribution < 1.29 is 9.84 Å². The van der Waals surface area contributed by atoms with Crippen LogP contribution in [0.1, 0.15) is 44.9 Å². The van der Waals surface area contributed by atoms with Crippen LogP contribution in [0.5, 0.6) is 5.75 Å². The molecule has 0 saturated heterocycles. The lowest BCUT2D eigenvalue weighted by Crippen LogP contribution is -2.53. The van der Waals surface area contributed by atoms with Crippen LogP contribution in [0, 0.1) is 12.8 Å². The van der Waals surface area contributed by atoms with Crippen LogP contribution >= 0.6 is 11.6 Å². The number of pyridine rings is 1. The van der Waals surface area contributed by atoms with Crippen molar-refractivity contribution in [1.29, 1.82) is 0 Å². The summed E-state index contributed by atoms with van der Waals surface area (Å²) in [5.41, 5.74) is 2.16. The minimum absolute atomic E-state index is 0.198. The molecule has 1 aromatic heterocycles. The lowest BCUT2D eigenvalue weighted by molar-refractivity contribution is -0.0647. The average molecular weight is 349 g/mol. The maximum Gasteiger partial charge on any atom is 0.131 e. The summed E-state index contributed by atoms with van der Waals surface area (Å²) in [6.45, 7) is 11.0. The van der Waals surface area contributed by atoms with Gasteiger partial charge < -0.3 is 15.2 Å². The van der Waals surface area contributed by atoms with Gasteiger partial charge in [-0.05, 0) is 57.0 Å². The average Bonchev–Trinajstić information content (AvgIpc) is 2.46. The van der Waals surface area contributed by atoms with Gasteiger partial charge in [0.25, 0.3) is 0 Å². The molecule has 130 valence electrons. The highest BCUT2D eigenvalue weighted by Crippen LogP contribution is 2.42. The summed E-state index contributed by atoms with van der Waals surface area (Å²) in [5, 5.41) is 15.8. The molecule has 0 unspecified atom stereocenters. The predicted octanol–water partition coefficient (Wildman–Crippen LogP) is 4.02. The second-order valence-electron chi connectivity index (χ2n) is 7.60. The molecule has 2 N–H and O–H groups in total. The van der Waals surface area contributed by atoms with Crippen molar-refractivity contribution >= 4 is 22.5 Å². The van der Waals surface area contributed by atoms with Crippen LogP contribution in [0.3, 0.4) is 0 Å². The Morgan fingerprint density at radius 1 is 1.33 bits per heavy atom. The Balaban J connectivity index is 2.14. The van der Waals surface area contributed by atoms with Gasteiger partial charge in [0.2, 0.25) is 0 Å².